The second-order valence-corrected chi connectivity index (χ2v) is 10.0. The quantitative estimate of drug-likeness (QED) is 0.604. The lowest BCUT2D eigenvalue weighted by molar-refractivity contribution is 0.0627. The fraction of sp³-hybridized carbons (Fsp3) is 0.458. The minimum Gasteiger partial charge on any atom is -0.351 e. The van der Waals surface area contributed by atoms with Crippen molar-refractivity contribution in [3.8, 4) is 0 Å². The molecule has 2 aromatic heterocycles. The molecule has 0 saturated carbocycles. The van der Waals surface area contributed by atoms with Crippen LogP contribution < -0.4 is 4.90 Å². The van der Waals surface area contributed by atoms with E-state index in [2.05, 4.69) is 59.9 Å². The average molecular weight is 421 g/mol. The number of aryl methyl sites for hydroxylation is 1. The molecule has 1 aromatic carbocycles. The molecule has 30 heavy (non-hydrogen) atoms. The molecule has 5 rings (SSSR count). The van der Waals surface area contributed by atoms with E-state index in [1.165, 1.54) is 28.9 Å². The van der Waals surface area contributed by atoms with Gasteiger partial charge in [0.15, 0.2) is 0 Å². The number of anilines is 1. The van der Waals surface area contributed by atoms with Gasteiger partial charge in [-0.3, -0.25) is 4.79 Å². The van der Waals surface area contributed by atoms with Crippen molar-refractivity contribution in [1.29, 1.82) is 0 Å². The van der Waals surface area contributed by atoms with Crippen LogP contribution in [0.3, 0.4) is 0 Å². The van der Waals surface area contributed by atoms with Gasteiger partial charge in [-0.2, -0.15) is 0 Å². The summed E-state index contributed by atoms with van der Waals surface area (Å²) in [5.41, 5.74) is 3.81. The smallest absolute Gasteiger partial charge is 0.264 e. The van der Waals surface area contributed by atoms with Gasteiger partial charge in [0, 0.05) is 26.2 Å². The molecule has 156 valence electrons. The monoisotopic (exact) mass is 420 g/mol. The third-order valence-electron chi connectivity index (χ3n) is 6.49. The summed E-state index contributed by atoms with van der Waals surface area (Å²) in [4.78, 5) is 28.7. The fourth-order valence-electron chi connectivity index (χ4n) is 5.15. The number of benzene rings is 1. The Morgan fingerprint density at radius 3 is 2.60 bits per heavy atom. The second kappa shape index (κ2) is 7.65. The molecule has 5 nitrogen and oxygen atoms in total. The molecule has 1 fully saturated rings. The third-order valence-corrected chi connectivity index (χ3v) is 7.68. The van der Waals surface area contributed by atoms with E-state index in [0.717, 1.165) is 59.1 Å². The van der Waals surface area contributed by atoms with Gasteiger partial charge in [0.05, 0.1) is 10.3 Å². The van der Waals surface area contributed by atoms with E-state index in [9.17, 15) is 4.79 Å². The van der Waals surface area contributed by atoms with Crippen LogP contribution in [0.2, 0.25) is 0 Å². The van der Waals surface area contributed by atoms with E-state index in [0.29, 0.717) is 11.8 Å². The van der Waals surface area contributed by atoms with Crippen molar-refractivity contribution < 1.29 is 4.79 Å². The molecule has 1 saturated heterocycles. The number of rotatable bonds is 2. The number of amides is 1. The lowest BCUT2D eigenvalue weighted by Crippen LogP contribution is -2.42. The van der Waals surface area contributed by atoms with Gasteiger partial charge in [0.1, 0.15) is 17.0 Å². The second-order valence-electron chi connectivity index (χ2n) is 9.03. The van der Waals surface area contributed by atoms with Gasteiger partial charge in [-0.05, 0) is 48.3 Å². The van der Waals surface area contributed by atoms with Crippen molar-refractivity contribution in [3.05, 3.63) is 52.2 Å². The molecule has 0 radical (unpaired) electrons. The number of hydrogen-bond acceptors (Lipinski definition) is 5. The minimum atomic E-state index is 0.156. The lowest BCUT2D eigenvalue weighted by atomic mass is 9.92. The van der Waals surface area contributed by atoms with E-state index < -0.39 is 0 Å². The van der Waals surface area contributed by atoms with Gasteiger partial charge in [-0.1, -0.05) is 38.1 Å². The van der Waals surface area contributed by atoms with Crippen LogP contribution in [0.15, 0.2) is 30.6 Å². The van der Waals surface area contributed by atoms with Crippen molar-refractivity contribution >= 4 is 33.3 Å². The van der Waals surface area contributed by atoms with E-state index in [4.69, 9.17) is 0 Å². The van der Waals surface area contributed by atoms with Gasteiger partial charge >= 0.3 is 0 Å². The van der Waals surface area contributed by atoms with Crippen molar-refractivity contribution in [3.63, 3.8) is 0 Å². The van der Waals surface area contributed by atoms with Crippen LogP contribution in [0.25, 0.3) is 10.2 Å². The van der Waals surface area contributed by atoms with Gasteiger partial charge in [0.2, 0.25) is 0 Å². The predicted octanol–water partition coefficient (Wildman–Crippen LogP) is 4.68. The highest BCUT2D eigenvalue weighted by Crippen LogP contribution is 2.37. The maximum absolute atomic E-state index is 13.4. The number of carbonyl (C=O) groups excluding carboxylic acids is 1. The Morgan fingerprint density at radius 1 is 1.10 bits per heavy atom. The molecule has 0 aliphatic carbocycles. The molecule has 2 aliphatic heterocycles. The van der Waals surface area contributed by atoms with Crippen molar-refractivity contribution in [2.45, 2.75) is 40.2 Å². The summed E-state index contributed by atoms with van der Waals surface area (Å²) in [7, 11) is 0. The molecule has 1 amide bonds. The standard InChI is InChI=1S/C24H28N4OS/c1-15-10-16(2)12-28(11-15)24(29)21-17(3)20-22(25-14-26-23(20)30-21)27-9-8-18-6-4-5-7-19(18)13-27/h4-7,14-16H,8-13H2,1-3H3/t15-,16-/m0/s1. The number of nitrogens with zero attached hydrogens (tertiary/aromatic N) is 4. The summed E-state index contributed by atoms with van der Waals surface area (Å²) in [5.74, 6) is 2.22. The average Bonchev–Trinajstić information content (AvgIpc) is 3.09. The molecule has 2 aliphatic rings. The Bertz CT molecular complexity index is 1100. The van der Waals surface area contributed by atoms with E-state index in [1.807, 2.05) is 4.90 Å². The number of fused-ring (bicyclic) bond motifs is 2. The zero-order valence-corrected chi connectivity index (χ0v) is 18.7. The van der Waals surface area contributed by atoms with Crippen LogP contribution in [0.1, 0.15) is 46.6 Å². The van der Waals surface area contributed by atoms with Crippen LogP contribution in [0.5, 0.6) is 0 Å². The van der Waals surface area contributed by atoms with E-state index in [1.54, 1.807) is 6.33 Å². The van der Waals surface area contributed by atoms with E-state index >= 15 is 0 Å². The highest BCUT2D eigenvalue weighted by Gasteiger charge is 2.30. The van der Waals surface area contributed by atoms with Gasteiger partial charge in [-0.15, -0.1) is 11.3 Å². The summed E-state index contributed by atoms with van der Waals surface area (Å²) in [6, 6.07) is 8.63. The zero-order valence-electron chi connectivity index (χ0n) is 17.9. The van der Waals surface area contributed by atoms with Crippen molar-refractivity contribution in [2.75, 3.05) is 24.5 Å². The minimum absolute atomic E-state index is 0.156. The van der Waals surface area contributed by atoms with Crippen LogP contribution in [-0.2, 0) is 13.0 Å². The predicted molar refractivity (Wildman–Crippen MR) is 122 cm³/mol. The summed E-state index contributed by atoms with van der Waals surface area (Å²) >= 11 is 1.52. The lowest BCUT2D eigenvalue weighted by Gasteiger charge is -2.34. The first kappa shape index (κ1) is 19.5. The first-order chi connectivity index (χ1) is 14.5. The Kier molecular flexibility index (Phi) is 4.97. The number of piperidine rings is 1. The highest BCUT2D eigenvalue weighted by molar-refractivity contribution is 7.20. The number of thiophene rings is 1. The van der Waals surface area contributed by atoms with Gasteiger partial charge < -0.3 is 9.80 Å². The largest absolute Gasteiger partial charge is 0.351 e. The SMILES string of the molecule is Cc1c(C(=O)N2C[C@@H](C)C[C@H](C)C2)sc2ncnc(N3CCc4ccccc4C3)c12. The molecule has 3 aromatic rings. The Labute approximate surface area is 181 Å². The summed E-state index contributed by atoms with van der Waals surface area (Å²) in [6.07, 6.45) is 3.86. The summed E-state index contributed by atoms with van der Waals surface area (Å²) < 4.78 is 0. The maximum Gasteiger partial charge on any atom is 0.264 e. The molecular formula is C24H28N4OS. The highest BCUT2D eigenvalue weighted by atomic mass is 32.1. The van der Waals surface area contributed by atoms with E-state index in [-0.39, 0.29) is 5.91 Å². The molecule has 6 heteroatoms. The van der Waals surface area contributed by atoms with Crippen LogP contribution >= 0.6 is 11.3 Å². The first-order valence-electron chi connectivity index (χ1n) is 10.9. The van der Waals surface area contributed by atoms with Crippen molar-refractivity contribution in [1.82, 2.24) is 14.9 Å². The molecule has 4 heterocycles. The number of carbonyl (C=O) groups is 1. The molecular weight excluding hydrogens is 392 g/mol. The molecule has 0 unspecified atom stereocenters. The number of hydrogen-bond donors (Lipinski definition) is 0. The fourth-order valence-corrected chi connectivity index (χ4v) is 6.26. The molecule has 0 bridgehead atoms. The molecule has 2 atom stereocenters. The third kappa shape index (κ3) is 3.37. The summed E-state index contributed by atoms with van der Waals surface area (Å²) in [6.45, 7) is 10.0. The van der Waals surface area contributed by atoms with Crippen LogP contribution in [-0.4, -0.2) is 40.4 Å². The van der Waals surface area contributed by atoms with Gasteiger partial charge in [0.25, 0.3) is 5.91 Å². The van der Waals surface area contributed by atoms with Crippen molar-refractivity contribution in [2.24, 2.45) is 11.8 Å². The van der Waals surface area contributed by atoms with Crippen LogP contribution in [0.4, 0.5) is 5.82 Å². The Hall–Kier alpha value is -2.47. The maximum atomic E-state index is 13.4. The number of likely N-dealkylation sites (tertiary alicyclic amines) is 1. The first-order valence-corrected chi connectivity index (χ1v) is 11.7. The molecule has 0 spiro atoms. The zero-order chi connectivity index (χ0) is 20.8. The summed E-state index contributed by atoms with van der Waals surface area (Å²) in [5, 5.41) is 1.04. The van der Waals surface area contributed by atoms with Crippen LogP contribution in [0, 0.1) is 18.8 Å². The number of aromatic nitrogens is 2. The topological polar surface area (TPSA) is 49.3 Å². The Balaban J connectivity index is 1.50. The normalized spacial score (nSPS) is 21.7. The Morgan fingerprint density at radius 2 is 1.83 bits per heavy atom. The molecule has 0 N–H and O–H groups in total. The van der Waals surface area contributed by atoms with Gasteiger partial charge in [-0.25, -0.2) is 9.97 Å².